The first-order valence-corrected chi connectivity index (χ1v) is 7.97. The van der Waals surface area contributed by atoms with E-state index in [1.807, 2.05) is 0 Å². The van der Waals surface area contributed by atoms with Crippen molar-refractivity contribution in [1.29, 1.82) is 0 Å². The van der Waals surface area contributed by atoms with Crippen molar-refractivity contribution in [2.45, 2.75) is 11.8 Å². The van der Waals surface area contributed by atoms with Crippen LogP contribution in [0.15, 0.2) is 29.2 Å². The zero-order chi connectivity index (χ0) is 13.1. The first kappa shape index (κ1) is 14.1. The van der Waals surface area contributed by atoms with Crippen molar-refractivity contribution in [1.82, 2.24) is 4.72 Å². The van der Waals surface area contributed by atoms with Gasteiger partial charge in [-0.3, -0.25) is 0 Å². The summed E-state index contributed by atoms with van der Waals surface area (Å²) in [5.74, 6) is -0.432. The predicted octanol–water partition coefficient (Wildman–Crippen LogP) is -0.438. The number of benzene rings is 1. The minimum Gasteiger partial charge on any atom is -0.229 e. The van der Waals surface area contributed by atoms with Gasteiger partial charge in [-0.25, -0.2) is 26.7 Å². The molecule has 96 valence electrons. The molecule has 0 saturated heterocycles. The maximum Gasteiger partial charge on any atom is 0.240 e. The number of nitrogens with one attached hydrogen (secondary N) is 1. The molecular formula is C9H14N2O4S2. The number of hydrogen-bond acceptors (Lipinski definition) is 4. The van der Waals surface area contributed by atoms with Gasteiger partial charge in [0.15, 0.2) is 0 Å². The minimum atomic E-state index is -3.68. The summed E-state index contributed by atoms with van der Waals surface area (Å²) in [5.41, 5.74) is 0.805. The van der Waals surface area contributed by atoms with Crippen molar-refractivity contribution >= 4 is 20.0 Å². The highest BCUT2D eigenvalue weighted by atomic mass is 32.2. The molecule has 0 saturated carbocycles. The van der Waals surface area contributed by atoms with E-state index in [9.17, 15) is 16.8 Å². The topological polar surface area (TPSA) is 106 Å². The highest BCUT2D eigenvalue weighted by Gasteiger charge is 2.14. The van der Waals surface area contributed by atoms with Crippen LogP contribution in [0.3, 0.4) is 0 Å². The fourth-order valence-corrected chi connectivity index (χ4v) is 2.84. The molecule has 0 aliphatic heterocycles. The average molecular weight is 278 g/mol. The van der Waals surface area contributed by atoms with Gasteiger partial charge in [0.1, 0.15) is 0 Å². The van der Waals surface area contributed by atoms with Gasteiger partial charge >= 0.3 is 0 Å². The predicted molar refractivity (Wildman–Crippen MR) is 64.3 cm³/mol. The molecule has 1 aromatic carbocycles. The van der Waals surface area contributed by atoms with Crippen LogP contribution >= 0.6 is 0 Å². The van der Waals surface area contributed by atoms with Gasteiger partial charge in [0.2, 0.25) is 20.0 Å². The molecule has 0 spiro atoms. The lowest BCUT2D eigenvalue weighted by molar-refractivity contribution is 0.581. The van der Waals surface area contributed by atoms with Gasteiger partial charge in [-0.2, -0.15) is 0 Å². The molecule has 1 aromatic rings. The average Bonchev–Trinajstić information content (AvgIpc) is 2.15. The van der Waals surface area contributed by atoms with Gasteiger partial charge in [-0.05, 0) is 24.6 Å². The SMILES string of the molecule is Cc1cccc(S(=O)(=O)NCCS(N)(=O)=O)c1. The van der Waals surface area contributed by atoms with Crippen LogP contribution in [0.1, 0.15) is 5.56 Å². The fraction of sp³-hybridized carbons (Fsp3) is 0.333. The molecule has 17 heavy (non-hydrogen) atoms. The lowest BCUT2D eigenvalue weighted by atomic mass is 10.2. The Kier molecular flexibility index (Phi) is 4.26. The molecule has 0 aromatic heterocycles. The molecule has 6 nitrogen and oxygen atoms in total. The lowest BCUT2D eigenvalue weighted by Crippen LogP contribution is -2.31. The molecule has 0 radical (unpaired) electrons. The van der Waals surface area contributed by atoms with E-state index in [4.69, 9.17) is 5.14 Å². The summed E-state index contributed by atoms with van der Waals surface area (Å²) < 4.78 is 46.9. The third-order valence-corrected chi connectivity index (χ3v) is 4.21. The Morgan fingerprint density at radius 3 is 2.41 bits per heavy atom. The Balaban J connectivity index is 2.77. The second-order valence-corrected chi connectivity index (χ2v) is 7.08. The number of rotatable bonds is 5. The number of nitrogens with two attached hydrogens (primary N) is 1. The number of aryl methyl sites for hydroxylation is 1. The van der Waals surface area contributed by atoms with Gasteiger partial charge < -0.3 is 0 Å². The molecule has 0 aliphatic rings. The first-order valence-electron chi connectivity index (χ1n) is 4.77. The Bertz CT molecular complexity index is 593. The summed E-state index contributed by atoms with van der Waals surface area (Å²) in [6, 6.07) is 6.32. The third kappa shape index (κ3) is 4.82. The number of primary sulfonamides is 1. The molecule has 1 rings (SSSR count). The van der Waals surface area contributed by atoms with Crippen LogP contribution in [0.25, 0.3) is 0 Å². The second-order valence-electron chi connectivity index (χ2n) is 3.58. The van der Waals surface area contributed by atoms with Crippen molar-refractivity contribution in [2.24, 2.45) is 5.14 Å². The molecule has 8 heteroatoms. The van der Waals surface area contributed by atoms with E-state index in [0.717, 1.165) is 5.56 Å². The van der Waals surface area contributed by atoms with Crippen LogP contribution in [-0.4, -0.2) is 29.1 Å². The zero-order valence-electron chi connectivity index (χ0n) is 9.25. The molecular weight excluding hydrogens is 264 g/mol. The highest BCUT2D eigenvalue weighted by molar-refractivity contribution is 7.90. The third-order valence-electron chi connectivity index (χ3n) is 1.98. The molecule has 0 amide bonds. The van der Waals surface area contributed by atoms with E-state index in [1.165, 1.54) is 12.1 Å². The van der Waals surface area contributed by atoms with Crippen LogP contribution in [0, 0.1) is 6.92 Å². The first-order chi connectivity index (χ1) is 7.71. The highest BCUT2D eigenvalue weighted by Crippen LogP contribution is 2.10. The van der Waals surface area contributed by atoms with E-state index in [1.54, 1.807) is 19.1 Å². The standard InChI is InChI=1S/C9H14N2O4S2/c1-8-3-2-4-9(7-8)17(14,15)11-5-6-16(10,12)13/h2-4,7,11H,5-6H2,1H3,(H2,10,12,13). The van der Waals surface area contributed by atoms with Crippen LogP contribution < -0.4 is 9.86 Å². The molecule has 0 fully saturated rings. The summed E-state index contributed by atoms with van der Waals surface area (Å²) >= 11 is 0. The van der Waals surface area contributed by atoms with E-state index in [2.05, 4.69) is 4.72 Å². The van der Waals surface area contributed by atoms with E-state index >= 15 is 0 Å². The van der Waals surface area contributed by atoms with Crippen LogP contribution in [0.2, 0.25) is 0 Å². The molecule has 3 N–H and O–H groups in total. The van der Waals surface area contributed by atoms with Crippen LogP contribution in [-0.2, 0) is 20.0 Å². The molecule has 0 bridgehead atoms. The Morgan fingerprint density at radius 1 is 1.24 bits per heavy atom. The minimum absolute atomic E-state index is 0.104. The van der Waals surface area contributed by atoms with Crippen molar-refractivity contribution in [2.75, 3.05) is 12.3 Å². The van der Waals surface area contributed by atoms with Gasteiger partial charge in [0.05, 0.1) is 10.6 Å². The summed E-state index contributed by atoms with van der Waals surface area (Å²) in [4.78, 5) is 0.104. The lowest BCUT2D eigenvalue weighted by Gasteiger charge is -2.06. The van der Waals surface area contributed by atoms with Crippen molar-refractivity contribution < 1.29 is 16.8 Å². The molecule has 0 heterocycles. The smallest absolute Gasteiger partial charge is 0.229 e. The summed E-state index contributed by atoms with van der Waals surface area (Å²) in [6.45, 7) is 1.53. The van der Waals surface area contributed by atoms with E-state index < -0.39 is 25.8 Å². The van der Waals surface area contributed by atoms with Crippen molar-refractivity contribution in [3.8, 4) is 0 Å². The maximum atomic E-state index is 11.7. The van der Waals surface area contributed by atoms with Gasteiger partial charge in [0.25, 0.3) is 0 Å². The summed E-state index contributed by atoms with van der Waals surface area (Å²) in [7, 11) is -7.34. The normalized spacial score (nSPS) is 12.6. The fourth-order valence-electron chi connectivity index (χ4n) is 1.18. The van der Waals surface area contributed by atoms with E-state index in [-0.39, 0.29) is 11.4 Å². The summed E-state index contributed by atoms with van der Waals surface area (Å²) in [5, 5.41) is 4.77. The Labute approximate surface area is 101 Å². The van der Waals surface area contributed by atoms with E-state index in [0.29, 0.717) is 0 Å². The quantitative estimate of drug-likeness (QED) is 0.761. The molecule has 0 atom stereocenters. The van der Waals surface area contributed by atoms with Crippen LogP contribution in [0.4, 0.5) is 0 Å². The molecule has 0 aliphatic carbocycles. The Morgan fingerprint density at radius 2 is 1.88 bits per heavy atom. The Hall–Kier alpha value is -0.960. The van der Waals surface area contributed by atoms with Gasteiger partial charge in [-0.15, -0.1) is 0 Å². The number of sulfonamides is 2. The van der Waals surface area contributed by atoms with Crippen molar-refractivity contribution in [3.63, 3.8) is 0 Å². The molecule has 0 unspecified atom stereocenters. The van der Waals surface area contributed by atoms with Gasteiger partial charge in [-0.1, -0.05) is 12.1 Å². The largest absolute Gasteiger partial charge is 0.240 e. The van der Waals surface area contributed by atoms with Crippen molar-refractivity contribution in [3.05, 3.63) is 29.8 Å². The van der Waals surface area contributed by atoms with Gasteiger partial charge in [0, 0.05) is 6.54 Å². The summed E-state index contributed by atoms with van der Waals surface area (Å²) in [6.07, 6.45) is 0. The van der Waals surface area contributed by atoms with Crippen LogP contribution in [0.5, 0.6) is 0 Å². The second kappa shape index (κ2) is 5.13. The zero-order valence-corrected chi connectivity index (χ0v) is 10.9. The number of hydrogen-bond donors (Lipinski definition) is 2. The monoisotopic (exact) mass is 278 g/mol. The maximum absolute atomic E-state index is 11.7.